The molecule has 0 bridgehead atoms. The molecule has 1 aromatic rings. The molecule has 0 saturated carbocycles. The number of rotatable bonds is 1. The molecule has 24 heavy (non-hydrogen) atoms. The highest BCUT2D eigenvalue weighted by molar-refractivity contribution is 5.69. The number of benzene rings is 1. The first-order valence-electron chi connectivity index (χ1n) is 8.57. The molecule has 2 heterocycles. The van der Waals surface area contributed by atoms with E-state index in [1.165, 1.54) is 0 Å². The van der Waals surface area contributed by atoms with Crippen LogP contribution in [-0.2, 0) is 4.74 Å². The molecule has 0 aliphatic carbocycles. The Kier molecular flexibility index (Phi) is 4.24. The van der Waals surface area contributed by atoms with Crippen molar-refractivity contribution < 1.29 is 14.6 Å². The van der Waals surface area contributed by atoms with Gasteiger partial charge in [-0.2, -0.15) is 0 Å². The lowest BCUT2D eigenvalue weighted by Gasteiger charge is -2.38. The van der Waals surface area contributed by atoms with Gasteiger partial charge in [0.05, 0.1) is 11.7 Å². The molecule has 2 saturated heterocycles. The number of carbonyl (C=O) groups is 1. The number of aromatic hydroxyl groups is 1. The summed E-state index contributed by atoms with van der Waals surface area (Å²) in [5.74, 6) is 0.544. The molecule has 3 N–H and O–H groups in total. The van der Waals surface area contributed by atoms with Crippen LogP contribution in [-0.4, -0.2) is 47.4 Å². The summed E-state index contributed by atoms with van der Waals surface area (Å²) in [5, 5.41) is 9.90. The quantitative estimate of drug-likeness (QED) is 0.610. The predicted octanol–water partition coefficient (Wildman–Crippen LogP) is 2.81. The van der Waals surface area contributed by atoms with Crippen molar-refractivity contribution in [3.8, 4) is 5.75 Å². The van der Waals surface area contributed by atoms with E-state index in [0.717, 1.165) is 31.6 Å². The van der Waals surface area contributed by atoms with E-state index in [4.69, 9.17) is 10.5 Å². The SMILES string of the molecule is CC(C)(C)OC(=O)N1C[C@@H]2CCCN(c3ccc(N)c(O)c3)[C@@H]2C1. The fraction of sp³-hybridized carbons (Fsp3) is 0.611. The van der Waals surface area contributed by atoms with E-state index >= 15 is 0 Å². The number of amides is 1. The van der Waals surface area contributed by atoms with Gasteiger partial charge in [-0.1, -0.05) is 0 Å². The van der Waals surface area contributed by atoms with Crippen LogP contribution in [0.1, 0.15) is 33.6 Å². The molecule has 0 unspecified atom stereocenters. The van der Waals surface area contributed by atoms with Crippen LogP contribution >= 0.6 is 0 Å². The maximum absolute atomic E-state index is 12.4. The number of carbonyl (C=O) groups excluding carboxylic acids is 1. The van der Waals surface area contributed by atoms with Crippen molar-refractivity contribution in [1.29, 1.82) is 0 Å². The molecule has 0 spiro atoms. The monoisotopic (exact) mass is 333 g/mol. The van der Waals surface area contributed by atoms with Gasteiger partial charge in [0.1, 0.15) is 11.4 Å². The minimum atomic E-state index is -0.479. The van der Waals surface area contributed by atoms with Gasteiger partial charge in [-0.25, -0.2) is 4.79 Å². The number of piperidine rings is 1. The van der Waals surface area contributed by atoms with Gasteiger partial charge in [-0.15, -0.1) is 0 Å². The largest absolute Gasteiger partial charge is 0.506 e. The van der Waals surface area contributed by atoms with E-state index in [9.17, 15) is 9.90 Å². The normalized spacial score (nSPS) is 24.0. The lowest BCUT2D eigenvalue weighted by atomic mass is 9.91. The summed E-state index contributed by atoms with van der Waals surface area (Å²) in [5.41, 5.74) is 6.57. The first kappa shape index (κ1) is 16.7. The molecule has 2 atom stereocenters. The average molecular weight is 333 g/mol. The smallest absolute Gasteiger partial charge is 0.410 e. The summed E-state index contributed by atoms with van der Waals surface area (Å²) in [6.45, 7) is 7.97. The Labute approximate surface area is 143 Å². The Hall–Kier alpha value is -2.11. The summed E-state index contributed by atoms with van der Waals surface area (Å²) in [6.07, 6.45) is 1.95. The number of anilines is 2. The molecule has 6 heteroatoms. The van der Waals surface area contributed by atoms with Crippen molar-refractivity contribution in [2.24, 2.45) is 5.92 Å². The lowest BCUT2D eigenvalue weighted by Crippen LogP contribution is -2.45. The zero-order valence-electron chi connectivity index (χ0n) is 14.7. The highest BCUT2D eigenvalue weighted by Crippen LogP contribution is 2.36. The Balaban J connectivity index is 1.75. The molecule has 2 aliphatic rings. The van der Waals surface area contributed by atoms with Crippen LogP contribution in [0.4, 0.5) is 16.2 Å². The minimum Gasteiger partial charge on any atom is -0.506 e. The molecule has 2 fully saturated rings. The van der Waals surface area contributed by atoms with Crippen molar-refractivity contribution in [1.82, 2.24) is 4.90 Å². The summed E-state index contributed by atoms with van der Waals surface area (Å²) in [4.78, 5) is 16.5. The number of likely N-dealkylation sites (tertiary alicyclic amines) is 1. The second-order valence-electron chi connectivity index (χ2n) is 7.79. The van der Waals surface area contributed by atoms with Gasteiger partial charge in [0.25, 0.3) is 0 Å². The second-order valence-corrected chi connectivity index (χ2v) is 7.79. The summed E-state index contributed by atoms with van der Waals surface area (Å²) < 4.78 is 5.52. The fourth-order valence-electron chi connectivity index (χ4n) is 3.69. The first-order chi connectivity index (χ1) is 11.2. The molecule has 0 aromatic heterocycles. The Morgan fingerprint density at radius 1 is 1.33 bits per heavy atom. The van der Waals surface area contributed by atoms with Crippen LogP contribution in [0.2, 0.25) is 0 Å². The fourth-order valence-corrected chi connectivity index (χ4v) is 3.69. The number of hydrogen-bond donors (Lipinski definition) is 2. The van der Waals surface area contributed by atoms with Crippen LogP contribution < -0.4 is 10.6 Å². The molecule has 1 amide bonds. The Morgan fingerprint density at radius 3 is 2.75 bits per heavy atom. The van der Waals surface area contributed by atoms with Crippen molar-refractivity contribution in [3.63, 3.8) is 0 Å². The highest BCUT2D eigenvalue weighted by Gasteiger charge is 2.42. The van der Waals surface area contributed by atoms with Gasteiger partial charge in [0.2, 0.25) is 0 Å². The van der Waals surface area contributed by atoms with Gasteiger partial charge >= 0.3 is 6.09 Å². The standard InChI is InChI=1S/C18H27N3O3/c1-18(2,3)24-17(23)20-10-12-5-4-8-21(15(12)11-20)13-6-7-14(19)16(22)9-13/h6-7,9,12,15,22H,4-5,8,10-11,19H2,1-3H3/t12-,15+/m0/s1. The maximum Gasteiger partial charge on any atom is 0.410 e. The number of fused-ring (bicyclic) bond motifs is 1. The number of hydrogen-bond acceptors (Lipinski definition) is 5. The van der Waals surface area contributed by atoms with Crippen LogP contribution in [0, 0.1) is 5.92 Å². The van der Waals surface area contributed by atoms with Gasteiger partial charge in [0, 0.05) is 31.4 Å². The lowest BCUT2D eigenvalue weighted by molar-refractivity contribution is 0.0287. The van der Waals surface area contributed by atoms with Gasteiger partial charge in [-0.3, -0.25) is 0 Å². The van der Waals surface area contributed by atoms with Crippen LogP contribution in [0.25, 0.3) is 0 Å². The summed E-state index contributed by atoms with van der Waals surface area (Å²) in [6, 6.07) is 5.64. The second kappa shape index (κ2) is 6.07. The number of nitrogens with zero attached hydrogens (tertiary/aromatic N) is 2. The number of phenols is 1. The van der Waals surface area contributed by atoms with Crippen molar-refractivity contribution in [2.45, 2.75) is 45.3 Å². The van der Waals surface area contributed by atoms with Crippen molar-refractivity contribution >= 4 is 17.5 Å². The molecule has 0 radical (unpaired) electrons. The molecule has 1 aromatic carbocycles. The van der Waals surface area contributed by atoms with Crippen LogP contribution in [0.3, 0.4) is 0 Å². The first-order valence-corrected chi connectivity index (χ1v) is 8.57. The molecular weight excluding hydrogens is 306 g/mol. The van der Waals surface area contributed by atoms with E-state index < -0.39 is 5.60 Å². The van der Waals surface area contributed by atoms with Crippen LogP contribution in [0.5, 0.6) is 5.75 Å². The number of nitrogen functional groups attached to an aromatic ring is 1. The third-order valence-electron chi connectivity index (χ3n) is 4.78. The van der Waals surface area contributed by atoms with Gasteiger partial charge in [0.15, 0.2) is 0 Å². The topological polar surface area (TPSA) is 79.0 Å². The van der Waals surface area contributed by atoms with Gasteiger partial charge < -0.3 is 25.4 Å². The minimum absolute atomic E-state index is 0.108. The Bertz CT molecular complexity index is 626. The van der Waals surface area contributed by atoms with E-state index in [2.05, 4.69) is 4.90 Å². The molecule has 3 rings (SSSR count). The highest BCUT2D eigenvalue weighted by atomic mass is 16.6. The predicted molar refractivity (Wildman–Crippen MR) is 94.2 cm³/mol. The number of ether oxygens (including phenoxy) is 1. The average Bonchev–Trinajstić information content (AvgIpc) is 2.92. The molecule has 2 aliphatic heterocycles. The molecule has 132 valence electrons. The number of nitrogens with two attached hydrogens (primary N) is 1. The summed E-state index contributed by atoms with van der Waals surface area (Å²) in [7, 11) is 0. The molecular formula is C18H27N3O3. The summed E-state index contributed by atoms with van der Waals surface area (Å²) >= 11 is 0. The van der Waals surface area contributed by atoms with Crippen molar-refractivity contribution in [3.05, 3.63) is 18.2 Å². The van der Waals surface area contributed by atoms with Crippen LogP contribution in [0.15, 0.2) is 18.2 Å². The van der Waals surface area contributed by atoms with E-state index in [1.54, 1.807) is 12.1 Å². The van der Waals surface area contributed by atoms with Crippen molar-refractivity contribution in [2.75, 3.05) is 30.3 Å². The molecule has 6 nitrogen and oxygen atoms in total. The zero-order chi connectivity index (χ0) is 17.5. The van der Waals surface area contributed by atoms with Gasteiger partial charge in [-0.05, 0) is 51.7 Å². The Morgan fingerprint density at radius 2 is 2.08 bits per heavy atom. The van der Waals surface area contributed by atoms with E-state index in [-0.39, 0.29) is 17.9 Å². The third kappa shape index (κ3) is 3.37. The maximum atomic E-state index is 12.4. The van der Waals surface area contributed by atoms with E-state index in [0.29, 0.717) is 18.2 Å². The van der Waals surface area contributed by atoms with E-state index in [1.807, 2.05) is 31.7 Å². The third-order valence-corrected chi connectivity index (χ3v) is 4.78. The number of phenolic OH excluding ortho intramolecular Hbond substituents is 1. The zero-order valence-corrected chi connectivity index (χ0v) is 14.7.